The third kappa shape index (κ3) is 2.44. The number of methoxy groups -OCH3 is 1. The second-order valence-corrected chi connectivity index (χ2v) is 4.93. The van der Waals surface area contributed by atoms with Crippen LogP contribution >= 0.6 is 0 Å². The molecule has 0 unspecified atom stereocenters. The summed E-state index contributed by atoms with van der Waals surface area (Å²) >= 11 is 0. The highest BCUT2D eigenvalue weighted by Crippen LogP contribution is 2.40. The lowest BCUT2D eigenvalue weighted by molar-refractivity contribution is 0.0225. The Hall–Kier alpha value is -1.79. The summed E-state index contributed by atoms with van der Waals surface area (Å²) in [5, 5.41) is 10.3. The number of rotatable bonds is 2. The van der Waals surface area contributed by atoms with Crippen LogP contribution in [-0.4, -0.2) is 31.0 Å². The molecule has 0 aliphatic carbocycles. The topological polar surface area (TPSA) is 85.0 Å². The van der Waals surface area contributed by atoms with Gasteiger partial charge in [-0.15, -0.1) is 0 Å². The molecule has 1 aromatic carbocycles. The summed E-state index contributed by atoms with van der Waals surface area (Å²) in [6.07, 6.45) is -0.212. The molecule has 1 heterocycles. The zero-order chi connectivity index (χ0) is 14.9. The Bertz CT molecular complexity index is 516. The van der Waals surface area contributed by atoms with Gasteiger partial charge in [0.15, 0.2) is 0 Å². The molecule has 0 saturated heterocycles. The quantitative estimate of drug-likeness (QED) is 0.803. The number of nitrogens with two attached hydrogens (primary N) is 1. The van der Waals surface area contributed by atoms with Crippen LogP contribution in [0.5, 0.6) is 5.75 Å². The summed E-state index contributed by atoms with van der Waals surface area (Å²) in [6, 6.07) is 4.78. The van der Waals surface area contributed by atoms with Gasteiger partial charge in [0, 0.05) is 24.1 Å². The summed E-state index contributed by atoms with van der Waals surface area (Å²) in [7, 11) is 1.54. The van der Waals surface area contributed by atoms with Crippen LogP contribution in [0.25, 0.3) is 0 Å². The van der Waals surface area contributed by atoms with Gasteiger partial charge in [-0.25, -0.2) is 4.79 Å². The molecular formula is C14H20N2O4. The summed E-state index contributed by atoms with van der Waals surface area (Å²) < 4.78 is 10.2. The van der Waals surface area contributed by atoms with Crippen LogP contribution in [0.15, 0.2) is 18.2 Å². The molecule has 3 N–H and O–H groups in total. The first-order chi connectivity index (χ1) is 9.40. The van der Waals surface area contributed by atoms with Crippen LogP contribution in [-0.2, 0) is 10.5 Å². The van der Waals surface area contributed by atoms with E-state index in [1.807, 2.05) is 6.92 Å². The normalized spacial score (nSPS) is 25.1. The minimum Gasteiger partial charge on any atom is -0.497 e. The molecule has 0 aromatic heterocycles. The Morgan fingerprint density at radius 3 is 2.90 bits per heavy atom. The Kier molecular flexibility index (Phi) is 3.87. The van der Waals surface area contributed by atoms with Crippen LogP contribution in [0, 0.1) is 0 Å². The lowest BCUT2D eigenvalue weighted by Crippen LogP contribution is -2.52. The van der Waals surface area contributed by atoms with Crippen molar-refractivity contribution in [1.82, 2.24) is 0 Å². The van der Waals surface area contributed by atoms with E-state index < -0.39 is 11.8 Å². The second-order valence-electron chi connectivity index (χ2n) is 4.93. The van der Waals surface area contributed by atoms with E-state index in [1.54, 1.807) is 25.1 Å². The molecule has 110 valence electrons. The van der Waals surface area contributed by atoms with Crippen molar-refractivity contribution in [2.75, 3.05) is 18.6 Å². The number of benzene rings is 1. The van der Waals surface area contributed by atoms with E-state index in [-0.39, 0.29) is 19.1 Å². The molecule has 0 saturated carbocycles. The van der Waals surface area contributed by atoms with Crippen LogP contribution < -0.4 is 15.4 Å². The zero-order valence-corrected chi connectivity index (χ0v) is 11.9. The van der Waals surface area contributed by atoms with Crippen LogP contribution in [0.4, 0.5) is 10.5 Å². The highest BCUT2D eigenvalue weighted by molar-refractivity contribution is 5.90. The minimum atomic E-state index is -1.47. The third-order valence-electron chi connectivity index (χ3n) is 3.44. The van der Waals surface area contributed by atoms with Gasteiger partial charge in [-0.1, -0.05) is 0 Å². The number of carbonyl (C=O) groups is 1. The van der Waals surface area contributed by atoms with Gasteiger partial charge in [0.25, 0.3) is 0 Å². The van der Waals surface area contributed by atoms with Crippen molar-refractivity contribution in [2.45, 2.75) is 32.0 Å². The predicted molar refractivity (Wildman–Crippen MR) is 74.7 cm³/mol. The number of carbonyl (C=O) groups excluding carboxylic acids is 1. The fraction of sp³-hybridized carbons (Fsp3) is 0.500. The first kappa shape index (κ1) is 14.6. The fourth-order valence-electron chi connectivity index (χ4n) is 2.56. The zero-order valence-electron chi connectivity index (χ0n) is 11.9. The van der Waals surface area contributed by atoms with Gasteiger partial charge in [0.1, 0.15) is 11.5 Å². The molecule has 0 radical (unpaired) electrons. The molecule has 6 heteroatoms. The van der Waals surface area contributed by atoms with Gasteiger partial charge in [-0.05, 0) is 26.0 Å². The molecule has 0 fully saturated rings. The van der Waals surface area contributed by atoms with Crippen molar-refractivity contribution in [3.63, 3.8) is 0 Å². The smallest absolute Gasteiger partial charge is 0.414 e. The van der Waals surface area contributed by atoms with Crippen LogP contribution in [0.3, 0.4) is 0 Å². The average Bonchev–Trinajstić information content (AvgIpc) is 2.37. The van der Waals surface area contributed by atoms with E-state index in [0.29, 0.717) is 17.0 Å². The summed E-state index contributed by atoms with van der Waals surface area (Å²) in [6.45, 7) is 3.85. The minimum absolute atomic E-state index is 0.241. The number of anilines is 1. The van der Waals surface area contributed by atoms with Crippen molar-refractivity contribution >= 4 is 11.8 Å². The Morgan fingerprint density at radius 2 is 2.30 bits per heavy atom. The maximum Gasteiger partial charge on any atom is 0.414 e. The summed E-state index contributed by atoms with van der Waals surface area (Å²) in [4.78, 5) is 13.6. The van der Waals surface area contributed by atoms with Crippen molar-refractivity contribution < 1.29 is 19.4 Å². The Morgan fingerprint density at radius 1 is 1.60 bits per heavy atom. The first-order valence-electron chi connectivity index (χ1n) is 6.56. The van der Waals surface area contributed by atoms with Crippen LogP contribution in [0.1, 0.15) is 25.8 Å². The molecule has 0 bridgehead atoms. The summed E-state index contributed by atoms with van der Waals surface area (Å²) in [5.41, 5.74) is 5.49. The number of aliphatic hydroxyl groups is 1. The number of fused-ring (bicyclic) bond motifs is 1. The third-order valence-corrected chi connectivity index (χ3v) is 3.44. The van der Waals surface area contributed by atoms with Crippen molar-refractivity contribution in [3.8, 4) is 5.75 Å². The van der Waals surface area contributed by atoms with E-state index >= 15 is 0 Å². The van der Waals surface area contributed by atoms with Crippen LogP contribution in [0.2, 0.25) is 0 Å². The van der Waals surface area contributed by atoms with Crippen molar-refractivity contribution in [2.24, 2.45) is 5.73 Å². The molecular weight excluding hydrogens is 260 g/mol. The SMILES string of the molecule is CCOC(=O)N1c2cc(OC)ccc2[C@@](N)(O)C[C@H]1C. The van der Waals surface area contributed by atoms with Gasteiger partial charge >= 0.3 is 6.09 Å². The standard InChI is InChI=1S/C14H20N2O4/c1-4-20-13(17)16-9(2)8-14(15,18)11-6-5-10(19-3)7-12(11)16/h5-7,9,18H,4,8,15H2,1-3H3/t9-,14+/m1/s1. The second kappa shape index (κ2) is 5.30. The van der Waals surface area contributed by atoms with E-state index in [4.69, 9.17) is 15.2 Å². The number of hydrogen-bond donors (Lipinski definition) is 2. The predicted octanol–water partition coefficient (Wildman–Crippen LogP) is 1.55. The number of ether oxygens (including phenoxy) is 2. The van der Waals surface area contributed by atoms with Gasteiger partial charge < -0.3 is 14.6 Å². The van der Waals surface area contributed by atoms with Crippen molar-refractivity contribution in [1.29, 1.82) is 0 Å². The van der Waals surface area contributed by atoms with Gasteiger partial charge in [-0.2, -0.15) is 0 Å². The maximum absolute atomic E-state index is 12.1. The van der Waals surface area contributed by atoms with E-state index in [2.05, 4.69) is 0 Å². The molecule has 6 nitrogen and oxygen atoms in total. The monoisotopic (exact) mass is 280 g/mol. The van der Waals surface area contributed by atoms with E-state index in [9.17, 15) is 9.90 Å². The first-order valence-corrected chi connectivity index (χ1v) is 6.56. The average molecular weight is 280 g/mol. The lowest BCUT2D eigenvalue weighted by atomic mass is 9.89. The largest absolute Gasteiger partial charge is 0.497 e. The number of nitrogens with zero attached hydrogens (tertiary/aromatic N) is 1. The molecule has 2 atom stereocenters. The maximum atomic E-state index is 12.1. The fourth-order valence-corrected chi connectivity index (χ4v) is 2.56. The number of hydrogen-bond acceptors (Lipinski definition) is 5. The highest BCUT2D eigenvalue weighted by atomic mass is 16.6. The van der Waals surface area contributed by atoms with Gasteiger partial charge in [0.05, 0.1) is 19.4 Å². The summed E-state index contributed by atoms with van der Waals surface area (Å²) in [5.74, 6) is 0.586. The molecule has 1 aliphatic rings. The van der Waals surface area contributed by atoms with Gasteiger partial charge in [0.2, 0.25) is 0 Å². The molecule has 1 aliphatic heterocycles. The Labute approximate surface area is 118 Å². The molecule has 1 aromatic rings. The van der Waals surface area contributed by atoms with E-state index in [1.165, 1.54) is 12.0 Å². The highest BCUT2D eigenvalue weighted by Gasteiger charge is 2.41. The molecule has 0 spiro atoms. The van der Waals surface area contributed by atoms with Crippen molar-refractivity contribution in [3.05, 3.63) is 23.8 Å². The molecule has 1 amide bonds. The van der Waals surface area contributed by atoms with E-state index in [0.717, 1.165) is 0 Å². The molecule has 2 rings (SSSR count). The molecule has 20 heavy (non-hydrogen) atoms. The van der Waals surface area contributed by atoms with Gasteiger partial charge in [-0.3, -0.25) is 10.6 Å². The number of amides is 1. The Balaban J connectivity index is 2.53. The lowest BCUT2D eigenvalue weighted by Gasteiger charge is -2.41.